The normalized spacial score (nSPS) is 17.4. The summed E-state index contributed by atoms with van der Waals surface area (Å²) in [4.78, 5) is 82.9. The van der Waals surface area contributed by atoms with Crippen LogP contribution in [-0.4, -0.2) is 109 Å². The number of amides is 6. The maximum atomic E-state index is 13.8. The number of hydrogen-bond donors (Lipinski definition) is 7. The van der Waals surface area contributed by atoms with Gasteiger partial charge in [0.25, 0.3) is 0 Å². The summed E-state index contributed by atoms with van der Waals surface area (Å²) < 4.78 is 5.75. The van der Waals surface area contributed by atoms with E-state index in [-0.39, 0.29) is 43.3 Å². The molecule has 51 heavy (non-hydrogen) atoms. The van der Waals surface area contributed by atoms with Gasteiger partial charge in [0.2, 0.25) is 41.3 Å². The third kappa shape index (κ3) is 14.7. The number of carbonyl (C=O) groups excluding carboxylic acids is 6. The number of nitrogens with one attached hydrogen (secondary N) is 4. The Balaban J connectivity index is 2.25. The third-order valence-electron chi connectivity index (χ3n) is 8.29. The van der Waals surface area contributed by atoms with Crippen LogP contribution < -0.4 is 38.5 Å². The van der Waals surface area contributed by atoms with E-state index >= 15 is 0 Å². The number of likely N-dealkylation sites (N-methyl/N-ethyl adjacent to an activating group) is 1. The van der Waals surface area contributed by atoms with Crippen molar-refractivity contribution in [1.29, 1.82) is 0 Å². The second-order valence-corrected chi connectivity index (χ2v) is 13.7. The number of rotatable bonds is 22. The van der Waals surface area contributed by atoms with E-state index in [1.807, 2.05) is 32.0 Å². The molecule has 1 aromatic carbocycles. The van der Waals surface area contributed by atoms with Crippen molar-refractivity contribution in [2.24, 2.45) is 34.0 Å². The van der Waals surface area contributed by atoms with Crippen LogP contribution in [0.5, 0.6) is 0 Å². The van der Waals surface area contributed by atoms with E-state index in [9.17, 15) is 28.8 Å². The third-order valence-corrected chi connectivity index (χ3v) is 8.29. The van der Waals surface area contributed by atoms with Gasteiger partial charge in [-0.2, -0.15) is 0 Å². The zero-order chi connectivity index (χ0) is 38.2. The van der Waals surface area contributed by atoms with E-state index in [1.165, 1.54) is 14.0 Å². The number of benzene rings is 1. The molecule has 0 aliphatic carbocycles. The summed E-state index contributed by atoms with van der Waals surface area (Å²) >= 11 is 0. The first kappa shape index (κ1) is 42.6. The molecule has 0 saturated carbocycles. The highest BCUT2D eigenvalue weighted by Crippen LogP contribution is 2.25. The number of unbranched alkanes of at least 4 members (excludes halogenated alkanes) is 1. The van der Waals surface area contributed by atoms with E-state index in [2.05, 4.69) is 26.3 Å². The largest absolute Gasteiger partial charge is 0.463 e. The minimum absolute atomic E-state index is 0.0671. The lowest BCUT2D eigenvalue weighted by Gasteiger charge is -2.28. The van der Waals surface area contributed by atoms with E-state index in [0.717, 1.165) is 23.3 Å². The average Bonchev–Trinajstić information content (AvgIpc) is 3.84. The molecule has 284 valence electrons. The van der Waals surface area contributed by atoms with Crippen LogP contribution in [0.3, 0.4) is 0 Å². The minimum Gasteiger partial charge on any atom is -0.463 e. The van der Waals surface area contributed by atoms with E-state index in [4.69, 9.17) is 21.9 Å². The van der Waals surface area contributed by atoms with Crippen molar-refractivity contribution in [2.45, 2.75) is 103 Å². The van der Waals surface area contributed by atoms with Crippen molar-refractivity contribution < 1.29 is 33.5 Å². The van der Waals surface area contributed by atoms with Gasteiger partial charge in [-0.15, -0.1) is 0 Å². The number of epoxide rings is 1. The van der Waals surface area contributed by atoms with Gasteiger partial charge in [-0.1, -0.05) is 58.0 Å². The van der Waals surface area contributed by atoms with Crippen LogP contribution in [0.15, 0.2) is 35.3 Å². The first-order chi connectivity index (χ1) is 24.1. The number of aliphatic imine (C=N–C) groups is 1. The van der Waals surface area contributed by atoms with Crippen LogP contribution in [0.2, 0.25) is 0 Å². The van der Waals surface area contributed by atoms with E-state index in [1.54, 1.807) is 26.0 Å². The Bertz CT molecular complexity index is 1370. The Kier molecular flexibility index (Phi) is 17.5. The number of ether oxygens (including phenoxy) is 1. The van der Waals surface area contributed by atoms with Crippen molar-refractivity contribution in [1.82, 2.24) is 26.2 Å². The lowest BCUT2D eigenvalue weighted by atomic mass is 9.99. The zero-order valence-corrected chi connectivity index (χ0v) is 30.6. The molecule has 2 rings (SSSR count). The van der Waals surface area contributed by atoms with Crippen molar-refractivity contribution in [2.75, 3.05) is 26.7 Å². The fraction of sp³-hybridized carbons (Fsp3) is 0.629. The molecule has 6 amide bonds. The molecule has 1 aromatic rings. The molecule has 1 saturated heterocycles. The zero-order valence-electron chi connectivity index (χ0n) is 30.6. The Morgan fingerprint density at radius 2 is 1.55 bits per heavy atom. The summed E-state index contributed by atoms with van der Waals surface area (Å²) in [7, 11) is 1.41. The van der Waals surface area contributed by atoms with E-state index < -0.39 is 59.8 Å². The van der Waals surface area contributed by atoms with Crippen LogP contribution in [0, 0.1) is 11.8 Å². The molecule has 16 heteroatoms. The van der Waals surface area contributed by atoms with Gasteiger partial charge in [-0.25, -0.2) is 4.99 Å². The lowest BCUT2D eigenvalue weighted by molar-refractivity contribution is -0.139. The fourth-order valence-corrected chi connectivity index (χ4v) is 5.36. The fourth-order valence-electron chi connectivity index (χ4n) is 5.36. The van der Waals surface area contributed by atoms with Gasteiger partial charge in [0.05, 0.1) is 19.1 Å². The van der Waals surface area contributed by atoms with Crippen LogP contribution in [0.25, 0.3) is 0 Å². The van der Waals surface area contributed by atoms with Gasteiger partial charge < -0.3 is 48.1 Å². The number of nitrogens with zero attached hydrogens (tertiary/aromatic N) is 2. The average molecular weight is 716 g/mol. The molecular weight excluding hydrogens is 658 g/mol. The lowest BCUT2D eigenvalue weighted by Crippen LogP contribution is -2.57. The second-order valence-electron chi connectivity index (χ2n) is 13.7. The highest BCUT2D eigenvalue weighted by molar-refractivity contribution is 5.98. The first-order valence-corrected chi connectivity index (χ1v) is 17.5. The molecule has 1 aliphatic heterocycles. The summed E-state index contributed by atoms with van der Waals surface area (Å²) in [6.45, 7) is 8.81. The highest BCUT2D eigenvalue weighted by atomic mass is 16.6. The molecule has 1 heterocycles. The molecule has 6 unspecified atom stereocenters. The minimum atomic E-state index is -1.09. The maximum Gasteiger partial charge on any atom is 0.245 e. The summed E-state index contributed by atoms with van der Waals surface area (Å²) in [5.74, 6) is -3.26. The molecule has 16 nitrogen and oxygen atoms in total. The van der Waals surface area contributed by atoms with Gasteiger partial charge in [-0.3, -0.25) is 28.8 Å². The number of carbonyl (C=O) groups is 6. The van der Waals surface area contributed by atoms with Crippen LogP contribution in [-0.2, 0) is 39.9 Å². The molecule has 0 aromatic heterocycles. The molecule has 6 atom stereocenters. The molecule has 1 aliphatic rings. The number of hydrogen-bond acceptors (Lipinski definition) is 10. The molecule has 0 spiro atoms. The molecule has 10 N–H and O–H groups in total. The Morgan fingerprint density at radius 1 is 0.882 bits per heavy atom. The maximum absolute atomic E-state index is 13.8. The first-order valence-electron chi connectivity index (χ1n) is 17.5. The van der Waals surface area contributed by atoms with Crippen LogP contribution in [0.1, 0.15) is 65.9 Å². The summed E-state index contributed by atoms with van der Waals surface area (Å²) in [6, 6.07) is 4.73. The van der Waals surface area contributed by atoms with Gasteiger partial charge in [0, 0.05) is 13.5 Å². The number of primary amides is 1. The van der Waals surface area contributed by atoms with Crippen molar-refractivity contribution in [3.8, 4) is 0 Å². The summed E-state index contributed by atoms with van der Waals surface area (Å²) in [6.07, 6.45) is 2.09. The monoisotopic (exact) mass is 715 g/mol. The molecule has 1 fully saturated rings. The number of nitrogens with two attached hydrogens (primary N) is 3. The highest BCUT2D eigenvalue weighted by Gasteiger charge is 2.44. The molecule has 0 bridgehead atoms. The standard InChI is InChI=1S/C35H57N9O7/c1-20(2)16-25(42-34-30(51-34)24(14-10-11-15-36)40-27(45)18-37)32(48)43-29(21(3)4)33(49)41-26(17-23-12-8-7-9-13-23)35(50)44(6)19-28(46)39-22(5)31(38)47/h7-9,12-13,20-22,24-26,29-30H,10-11,14-19,36-37H2,1-6H3,(H2,38,47)(H,39,46)(H,40,45)(H,41,49)(H,43,48). The summed E-state index contributed by atoms with van der Waals surface area (Å²) in [5.41, 5.74) is 17.1. The topological polar surface area (TPSA) is 257 Å². The molecule has 0 radical (unpaired) electrons. The Hall–Kier alpha value is -4.57. The predicted molar refractivity (Wildman–Crippen MR) is 193 cm³/mol. The molecular formula is C35H57N9O7. The van der Waals surface area contributed by atoms with Crippen LogP contribution >= 0.6 is 0 Å². The van der Waals surface area contributed by atoms with Crippen molar-refractivity contribution in [3.05, 3.63) is 35.9 Å². The van der Waals surface area contributed by atoms with Crippen LogP contribution in [0.4, 0.5) is 0 Å². The Labute approximate surface area is 300 Å². The van der Waals surface area contributed by atoms with Gasteiger partial charge in [0.1, 0.15) is 24.2 Å². The van der Waals surface area contributed by atoms with E-state index in [0.29, 0.717) is 25.3 Å². The smallest absolute Gasteiger partial charge is 0.245 e. The predicted octanol–water partition coefficient (Wildman–Crippen LogP) is -0.912. The summed E-state index contributed by atoms with van der Waals surface area (Å²) in [5, 5.41) is 10.9. The van der Waals surface area contributed by atoms with Crippen molar-refractivity contribution in [3.63, 3.8) is 0 Å². The van der Waals surface area contributed by atoms with Gasteiger partial charge in [0.15, 0.2) is 6.10 Å². The van der Waals surface area contributed by atoms with Gasteiger partial charge >= 0.3 is 0 Å². The van der Waals surface area contributed by atoms with Gasteiger partial charge in [-0.05, 0) is 56.6 Å². The second kappa shape index (κ2) is 20.9. The quantitative estimate of drug-likeness (QED) is 0.0578. The SMILES string of the molecule is CC(C)CC(N=C1OC1C(CCCCN)NC(=O)CN)C(=O)NC(C(=O)NC(Cc1ccccc1)C(=O)N(C)CC(=O)NC(C)C(N)=O)C(C)C. The van der Waals surface area contributed by atoms with Crippen molar-refractivity contribution >= 4 is 41.3 Å². The Morgan fingerprint density at radius 3 is 2.12 bits per heavy atom.